The molecule has 0 atom stereocenters. The Morgan fingerprint density at radius 1 is 1.21 bits per heavy atom. The summed E-state index contributed by atoms with van der Waals surface area (Å²) in [6, 6.07) is 9.00. The van der Waals surface area contributed by atoms with Crippen LogP contribution in [0.3, 0.4) is 0 Å². The molecule has 0 fully saturated rings. The van der Waals surface area contributed by atoms with E-state index in [1.807, 2.05) is 25.1 Å². The number of rotatable bonds is 1. The van der Waals surface area contributed by atoms with Crippen LogP contribution in [0.4, 0.5) is 10.1 Å². The Morgan fingerprint density at radius 3 is 2.89 bits per heavy atom. The van der Waals surface area contributed by atoms with Crippen molar-refractivity contribution in [1.29, 1.82) is 0 Å². The van der Waals surface area contributed by atoms with Gasteiger partial charge in [0, 0.05) is 11.3 Å². The molecule has 3 heteroatoms. The molecule has 0 saturated heterocycles. The molecule has 0 amide bonds. The van der Waals surface area contributed by atoms with E-state index < -0.39 is 0 Å². The average Bonchev–Trinajstić information content (AvgIpc) is 2.42. The molecule has 2 aromatic rings. The second kappa shape index (κ2) is 4.57. The molecule has 0 aliphatic carbocycles. The van der Waals surface area contributed by atoms with Crippen LogP contribution in [0.2, 0.25) is 0 Å². The van der Waals surface area contributed by atoms with Crippen LogP contribution < -0.4 is 10.5 Å². The molecular weight excluding hydrogens is 241 g/mol. The summed E-state index contributed by atoms with van der Waals surface area (Å²) in [6.07, 6.45) is 1.99. The third-order valence-corrected chi connectivity index (χ3v) is 3.58. The third kappa shape index (κ3) is 2.16. The highest BCUT2D eigenvalue weighted by Crippen LogP contribution is 2.32. The van der Waals surface area contributed by atoms with Crippen molar-refractivity contribution in [3.63, 3.8) is 0 Å². The summed E-state index contributed by atoms with van der Waals surface area (Å²) in [5.41, 5.74) is 9.80. The number of hydrogen-bond acceptors (Lipinski definition) is 2. The van der Waals surface area contributed by atoms with Gasteiger partial charge in [0.2, 0.25) is 0 Å². The van der Waals surface area contributed by atoms with E-state index in [0.717, 1.165) is 41.9 Å². The van der Waals surface area contributed by atoms with Crippen molar-refractivity contribution in [2.45, 2.75) is 19.8 Å². The fraction of sp³-hybridized carbons (Fsp3) is 0.250. The van der Waals surface area contributed by atoms with Crippen LogP contribution in [0.15, 0.2) is 30.3 Å². The molecular formula is C16H16FNO. The van der Waals surface area contributed by atoms with Gasteiger partial charge in [0.15, 0.2) is 0 Å². The highest BCUT2D eigenvalue weighted by Gasteiger charge is 2.13. The average molecular weight is 257 g/mol. The molecule has 0 saturated carbocycles. The zero-order valence-electron chi connectivity index (χ0n) is 10.9. The fourth-order valence-electron chi connectivity index (χ4n) is 2.44. The number of anilines is 1. The van der Waals surface area contributed by atoms with E-state index in [1.165, 1.54) is 6.07 Å². The predicted molar refractivity (Wildman–Crippen MR) is 74.8 cm³/mol. The highest BCUT2D eigenvalue weighted by atomic mass is 19.1. The lowest BCUT2D eigenvalue weighted by atomic mass is 9.97. The number of fused-ring (bicyclic) bond motifs is 1. The van der Waals surface area contributed by atoms with Gasteiger partial charge in [0.1, 0.15) is 11.6 Å². The molecule has 0 spiro atoms. The molecule has 19 heavy (non-hydrogen) atoms. The van der Waals surface area contributed by atoms with E-state index in [9.17, 15) is 4.39 Å². The van der Waals surface area contributed by atoms with Crippen LogP contribution in [-0.4, -0.2) is 6.61 Å². The van der Waals surface area contributed by atoms with Crippen LogP contribution in [0, 0.1) is 12.7 Å². The van der Waals surface area contributed by atoms with Gasteiger partial charge in [-0.2, -0.15) is 0 Å². The molecule has 1 aliphatic rings. The number of hydrogen-bond donors (Lipinski definition) is 1. The Hall–Kier alpha value is -2.03. The van der Waals surface area contributed by atoms with Gasteiger partial charge in [-0.05, 0) is 60.7 Å². The van der Waals surface area contributed by atoms with Crippen molar-refractivity contribution < 1.29 is 9.13 Å². The van der Waals surface area contributed by atoms with E-state index in [2.05, 4.69) is 0 Å². The van der Waals surface area contributed by atoms with Gasteiger partial charge >= 0.3 is 0 Å². The zero-order valence-corrected chi connectivity index (χ0v) is 10.9. The van der Waals surface area contributed by atoms with Gasteiger partial charge in [0.25, 0.3) is 0 Å². The highest BCUT2D eigenvalue weighted by molar-refractivity contribution is 5.71. The predicted octanol–water partition coefficient (Wildman–Crippen LogP) is 3.71. The summed E-state index contributed by atoms with van der Waals surface area (Å²) in [5, 5.41) is 0. The second-order valence-corrected chi connectivity index (χ2v) is 4.96. The maximum absolute atomic E-state index is 14.1. The first-order chi connectivity index (χ1) is 9.15. The lowest BCUT2D eigenvalue weighted by Crippen LogP contribution is -2.08. The first kappa shape index (κ1) is 12.0. The number of nitrogen functional groups attached to an aromatic ring is 1. The van der Waals surface area contributed by atoms with Gasteiger partial charge in [-0.3, -0.25) is 0 Å². The van der Waals surface area contributed by atoms with Crippen LogP contribution in [0.25, 0.3) is 11.1 Å². The molecule has 0 aromatic heterocycles. The lowest BCUT2D eigenvalue weighted by Gasteiger charge is -2.18. The second-order valence-electron chi connectivity index (χ2n) is 4.96. The summed E-state index contributed by atoms with van der Waals surface area (Å²) in [6.45, 7) is 2.57. The normalized spacial score (nSPS) is 13.8. The minimum atomic E-state index is -0.233. The molecule has 98 valence electrons. The molecule has 0 radical (unpaired) electrons. The molecule has 2 N–H and O–H groups in total. The first-order valence-corrected chi connectivity index (χ1v) is 6.47. The van der Waals surface area contributed by atoms with Gasteiger partial charge in [-0.25, -0.2) is 4.39 Å². The number of aryl methyl sites for hydroxylation is 2. The van der Waals surface area contributed by atoms with Crippen molar-refractivity contribution in [3.05, 3.63) is 47.3 Å². The number of nitrogens with two attached hydrogens (primary N) is 1. The van der Waals surface area contributed by atoms with Crippen molar-refractivity contribution in [1.82, 2.24) is 0 Å². The van der Waals surface area contributed by atoms with Crippen LogP contribution in [-0.2, 0) is 6.42 Å². The van der Waals surface area contributed by atoms with Gasteiger partial charge in [0.05, 0.1) is 6.61 Å². The quantitative estimate of drug-likeness (QED) is 0.790. The Bertz CT molecular complexity index is 637. The number of ether oxygens (including phenoxy) is 1. The maximum Gasteiger partial charge on any atom is 0.131 e. The van der Waals surface area contributed by atoms with E-state index in [1.54, 1.807) is 6.07 Å². The van der Waals surface area contributed by atoms with Gasteiger partial charge in [-0.15, -0.1) is 0 Å². The van der Waals surface area contributed by atoms with Gasteiger partial charge < -0.3 is 10.5 Å². The van der Waals surface area contributed by atoms with E-state index >= 15 is 0 Å². The fourth-order valence-corrected chi connectivity index (χ4v) is 2.44. The van der Waals surface area contributed by atoms with E-state index in [-0.39, 0.29) is 5.82 Å². The minimum Gasteiger partial charge on any atom is -0.493 e. The first-order valence-electron chi connectivity index (χ1n) is 6.47. The molecule has 1 aliphatic heterocycles. The zero-order chi connectivity index (χ0) is 13.4. The lowest BCUT2D eigenvalue weighted by molar-refractivity contribution is 0.288. The van der Waals surface area contributed by atoms with Crippen LogP contribution >= 0.6 is 0 Å². The summed E-state index contributed by atoms with van der Waals surface area (Å²) < 4.78 is 19.6. The molecule has 0 bridgehead atoms. The Kier molecular flexibility index (Phi) is 2.90. The number of benzene rings is 2. The molecule has 2 nitrogen and oxygen atoms in total. The molecule has 2 aromatic carbocycles. The molecule has 3 rings (SSSR count). The topological polar surface area (TPSA) is 35.2 Å². The Balaban J connectivity index is 2.09. The summed E-state index contributed by atoms with van der Waals surface area (Å²) in [5.74, 6) is 0.680. The maximum atomic E-state index is 14.1. The smallest absolute Gasteiger partial charge is 0.131 e. The van der Waals surface area contributed by atoms with Crippen molar-refractivity contribution in [2.75, 3.05) is 12.3 Å². The standard InChI is InChI=1S/C16H16FNO/c1-10-7-14(17)13(9-15(10)18)11-4-5-16-12(8-11)3-2-6-19-16/h4-5,7-9H,2-3,6,18H2,1H3. The summed E-state index contributed by atoms with van der Waals surface area (Å²) >= 11 is 0. The third-order valence-electron chi connectivity index (χ3n) is 3.58. The number of halogens is 1. The Morgan fingerprint density at radius 2 is 2.05 bits per heavy atom. The largest absolute Gasteiger partial charge is 0.493 e. The summed E-state index contributed by atoms with van der Waals surface area (Å²) in [7, 11) is 0. The monoisotopic (exact) mass is 257 g/mol. The Labute approximate surface area is 112 Å². The molecule has 1 heterocycles. The van der Waals surface area contributed by atoms with E-state index in [4.69, 9.17) is 10.5 Å². The van der Waals surface area contributed by atoms with Crippen molar-refractivity contribution in [3.8, 4) is 16.9 Å². The SMILES string of the molecule is Cc1cc(F)c(-c2ccc3c(c2)CCCO3)cc1N. The molecule has 0 unspecified atom stereocenters. The minimum absolute atomic E-state index is 0.233. The van der Waals surface area contributed by atoms with Crippen molar-refractivity contribution >= 4 is 5.69 Å². The van der Waals surface area contributed by atoms with Crippen LogP contribution in [0.5, 0.6) is 5.75 Å². The van der Waals surface area contributed by atoms with Gasteiger partial charge in [-0.1, -0.05) is 6.07 Å². The van der Waals surface area contributed by atoms with E-state index in [0.29, 0.717) is 11.3 Å². The van der Waals surface area contributed by atoms with Crippen molar-refractivity contribution in [2.24, 2.45) is 0 Å². The van der Waals surface area contributed by atoms with Crippen LogP contribution in [0.1, 0.15) is 17.5 Å². The summed E-state index contributed by atoms with van der Waals surface area (Å²) in [4.78, 5) is 0.